The summed E-state index contributed by atoms with van der Waals surface area (Å²) in [4.78, 5) is 26.6. The van der Waals surface area contributed by atoms with Crippen LogP contribution in [0.4, 0.5) is 0 Å². The fourth-order valence-electron chi connectivity index (χ4n) is 2.71. The van der Waals surface area contributed by atoms with E-state index in [1.54, 1.807) is 23.1 Å². The Morgan fingerprint density at radius 2 is 1.36 bits per heavy atom. The van der Waals surface area contributed by atoms with Crippen LogP contribution in [0, 0.1) is 0 Å². The smallest absolute Gasteiger partial charge is 0.254 e. The zero-order valence-electron chi connectivity index (χ0n) is 22.6. The summed E-state index contributed by atoms with van der Waals surface area (Å²) in [6.45, 7) is 23.9. The highest BCUT2D eigenvalue weighted by Gasteiger charge is 2.38. The van der Waals surface area contributed by atoms with E-state index in [-0.39, 0.29) is 16.0 Å². The Labute approximate surface area is 203 Å². The third kappa shape index (κ3) is 8.05. The summed E-state index contributed by atoms with van der Waals surface area (Å²) >= 11 is 0. The Morgan fingerprint density at radius 3 is 1.73 bits per heavy atom. The van der Waals surface area contributed by atoms with Crippen LogP contribution in [0.1, 0.15) is 62.3 Å². The van der Waals surface area contributed by atoms with Gasteiger partial charge in [-0.1, -0.05) is 41.5 Å². The SMILES string of the molecule is COc1ccc(C(=O)N(CCO[Si](C)(C)C(C)(C)C)CCO[Si](C)(C)C(C)(C)C)cc1C=O. The van der Waals surface area contributed by atoms with Gasteiger partial charge in [0, 0.05) is 18.7 Å². The molecule has 0 aliphatic heterocycles. The number of carbonyl (C=O) groups is 2. The summed E-state index contributed by atoms with van der Waals surface area (Å²) < 4.78 is 17.9. The Hall–Kier alpha value is -1.49. The minimum absolute atomic E-state index is 0.0993. The van der Waals surface area contributed by atoms with Crippen molar-refractivity contribution < 1.29 is 23.2 Å². The van der Waals surface area contributed by atoms with Gasteiger partial charge in [-0.05, 0) is 54.5 Å². The molecule has 0 aromatic heterocycles. The minimum Gasteiger partial charge on any atom is -0.496 e. The molecule has 6 nitrogen and oxygen atoms in total. The molecule has 33 heavy (non-hydrogen) atoms. The third-order valence-corrected chi connectivity index (χ3v) is 16.2. The molecule has 0 fully saturated rings. The van der Waals surface area contributed by atoms with Crippen molar-refractivity contribution in [1.82, 2.24) is 4.90 Å². The van der Waals surface area contributed by atoms with E-state index in [0.29, 0.717) is 49.5 Å². The van der Waals surface area contributed by atoms with Crippen molar-refractivity contribution in [1.29, 1.82) is 0 Å². The van der Waals surface area contributed by atoms with Crippen molar-refractivity contribution in [2.24, 2.45) is 0 Å². The van der Waals surface area contributed by atoms with Crippen molar-refractivity contribution in [3.63, 3.8) is 0 Å². The summed E-state index contributed by atoms with van der Waals surface area (Å²) in [5.41, 5.74) is 0.816. The molecule has 0 spiro atoms. The van der Waals surface area contributed by atoms with E-state index in [4.69, 9.17) is 13.6 Å². The topological polar surface area (TPSA) is 65.1 Å². The number of aldehydes is 1. The normalized spacial score (nSPS) is 13.1. The van der Waals surface area contributed by atoms with Gasteiger partial charge in [0.05, 0.1) is 25.9 Å². The molecule has 0 bridgehead atoms. The molecule has 1 rings (SSSR count). The fraction of sp³-hybridized carbons (Fsp3) is 0.680. The first-order chi connectivity index (χ1) is 15.0. The molecule has 0 aliphatic carbocycles. The summed E-state index contributed by atoms with van der Waals surface area (Å²) in [5.74, 6) is 0.314. The first-order valence-electron chi connectivity index (χ1n) is 11.7. The Balaban J connectivity index is 3.03. The Bertz CT molecular complexity index is 778. The summed E-state index contributed by atoms with van der Waals surface area (Å²) in [5, 5.41) is 0.199. The van der Waals surface area contributed by atoms with Gasteiger partial charge in [-0.3, -0.25) is 9.59 Å². The van der Waals surface area contributed by atoms with Crippen molar-refractivity contribution in [3.8, 4) is 5.75 Å². The maximum atomic E-state index is 13.4. The van der Waals surface area contributed by atoms with Crippen LogP contribution in [-0.2, 0) is 8.85 Å². The largest absolute Gasteiger partial charge is 0.496 e. The summed E-state index contributed by atoms with van der Waals surface area (Å²) in [7, 11) is -2.34. The van der Waals surface area contributed by atoms with E-state index in [9.17, 15) is 9.59 Å². The lowest BCUT2D eigenvalue weighted by atomic mass is 10.1. The van der Waals surface area contributed by atoms with Crippen LogP contribution in [0.5, 0.6) is 5.75 Å². The van der Waals surface area contributed by atoms with Crippen LogP contribution >= 0.6 is 0 Å². The molecule has 1 aromatic rings. The van der Waals surface area contributed by atoms with Crippen LogP contribution in [0.15, 0.2) is 18.2 Å². The van der Waals surface area contributed by atoms with E-state index < -0.39 is 16.6 Å². The average Bonchev–Trinajstić information content (AvgIpc) is 2.69. The van der Waals surface area contributed by atoms with Crippen LogP contribution in [0.25, 0.3) is 0 Å². The number of amides is 1. The molecule has 0 saturated heterocycles. The maximum Gasteiger partial charge on any atom is 0.254 e. The number of ether oxygens (including phenoxy) is 1. The molecule has 0 saturated carbocycles. The Kier molecular flexibility index (Phi) is 10.1. The van der Waals surface area contributed by atoms with Gasteiger partial charge in [-0.25, -0.2) is 0 Å². The quantitative estimate of drug-likeness (QED) is 0.278. The molecule has 1 aromatic carbocycles. The number of hydrogen-bond acceptors (Lipinski definition) is 5. The predicted octanol–water partition coefficient (Wildman–Crippen LogP) is 5.99. The molecule has 0 atom stereocenters. The average molecular weight is 496 g/mol. The zero-order valence-corrected chi connectivity index (χ0v) is 24.6. The lowest BCUT2D eigenvalue weighted by Gasteiger charge is -2.38. The van der Waals surface area contributed by atoms with E-state index in [1.807, 2.05) is 0 Å². The second-order valence-corrected chi connectivity index (χ2v) is 21.2. The number of rotatable bonds is 11. The van der Waals surface area contributed by atoms with Gasteiger partial charge >= 0.3 is 0 Å². The van der Waals surface area contributed by atoms with E-state index in [2.05, 4.69) is 67.7 Å². The number of carbonyl (C=O) groups excluding carboxylic acids is 2. The molecule has 0 aliphatic rings. The molecular weight excluding hydrogens is 450 g/mol. The van der Waals surface area contributed by atoms with Crippen LogP contribution in [-0.4, -0.2) is 67.1 Å². The highest BCUT2D eigenvalue weighted by atomic mass is 28.4. The second-order valence-electron chi connectivity index (χ2n) is 11.6. The van der Waals surface area contributed by atoms with Crippen LogP contribution in [0.2, 0.25) is 36.3 Å². The predicted molar refractivity (Wildman–Crippen MR) is 141 cm³/mol. The molecule has 8 heteroatoms. The number of methoxy groups -OCH3 is 1. The van der Waals surface area contributed by atoms with Gasteiger partial charge in [0.1, 0.15) is 5.75 Å². The number of hydrogen-bond donors (Lipinski definition) is 0. The summed E-state index contributed by atoms with van der Waals surface area (Å²) in [6, 6.07) is 4.95. The van der Waals surface area contributed by atoms with E-state index in [0.717, 1.165) is 0 Å². The third-order valence-electron chi connectivity index (χ3n) is 7.15. The molecule has 0 unspecified atom stereocenters. The Morgan fingerprint density at radius 1 is 0.909 bits per heavy atom. The van der Waals surface area contributed by atoms with Gasteiger partial charge in [0.15, 0.2) is 22.9 Å². The lowest BCUT2D eigenvalue weighted by molar-refractivity contribution is 0.0692. The van der Waals surface area contributed by atoms with E-state index in [1.165, 1.54) is 7.11 Å². The van der Waals surface area contributed by atoms with Crippen molar-refractivity contribution in [2.45, 2.75) is 77.8 Å². The van der Waals surface area contributed by atoms with Crippen LogP contribution < -0.4 is 4.74 Å². The highest BCUT2D eigenvalue weighted by molar-refractivity contribution is 6.74. The standard InChI is InChI=1S/C25H45NO5Si2/c1-24(2,3)32(8,9)30-16-14-26(15-17-31-33(10,11)25(4,5)6)23(28)20-12-13-22(29-7)21(18-20)19-27/h12-13,18-19H,14-17H2,1-11H3. The fourth-order valence-corrected chi connectivity index (χ4v) is 4.78. The lowest BCUT2D eigenvalue weighted by Crippen LogP contribution is -2.45. The first-order valence-corrected chi connectivity index (χ1v) is 17.5. The zero-order chi connectivity index (χ0) is 25.7. The van der Waals surface area contributed by atoms with Crippen molar-refractivity contribution in [2.75, 3.05) is 33.4 Å². The van der Waals surface area contributed by atoms with Gasteiger partial charge in [0.2, 0.25) is 0 Å². The summed E-state index contributed by atoms with van der Waals surface area (Å²) in [6.07, 6.45) is 0.709. The highest BCUT2D eigenvalue weighted by Crippen LogP contribution is 2.37. The molecular formula is C25H45NO5Si2. The first kappa shape index (κ1) is 29.5. The minimum atomic E-state index is -1.92. The van der Waals surface area contributed by atoms with Gasteiger partial charge < -0.3 is 18.5 Å². The van der Waals surface area contributed by atoms with Crippen LogP contribution in [0.3, 0.4) is 0 Å². The molecule has 1 amide bonds. The molecule has 0 radical (unpaired) electrons. The number of benzene rings is 1. The molecule has 0 N–H and O–H groups in total. The maximum absolute atomic E-state index is 13.4. The van der Waals surface area contributed by atoms with Gasteiger partial charge in [-0.2, -0.15) is 0 Å². The number of nitrogens with zero attached hydrogens (tertiary/aromatic N) is 1. The molecule has 188 valence electrons. The second kappa shape index (κ2) is 11.3. The van der Waals surface area contributed by atoms with Crippen molar-refractivity contribution >= 4 is 28.8 Å². The van der Waals surface area contributed by atoms with E-state index >= 15 is 0 Å². The monoisotopic (exact) mass is 495 g/mol. The molecule has 0 heterocycles. The van der Waals surface area contributed by atoms with Crippen molar-refractivity contribution in [3.05, 3.63) is 29.3 Å². The van der Waals surface area contributed by atoms with Gasteiger partial charge in [-0.15, -0.1) is 0 Å². The van der Waals surface area contributed by atoms with Gasteiger partial charge in [0.25, 0.3) is 5.91 Å².